The van der Waals surface area contributed by atoms with Gasteiger partial charge in [0.05, 0.1) is 5.41 Å². The Morgan fingerprint density at radius 2 is 1.10 bits per heavy atom. The van der Waals surface area contributed by atoms with Crippen LogP contribution in [-0.2, 0) is 0 Å². The third kappa shape index (κ3) is 5.83. The van der Waals surface area contributed by atoms with Crippen LogP contribution >= 0.6 is 0 Å². The van der Waals surface area contributed by atoms with Crippen molar-refractivity contribution in [3.63, 3.8) is 0 Å². The molecule has 0 aliphatic carbocycles. The van der Waals surface area contributed by atoms with Crippen LogP contribution in [0.2, 0.25) is 0 Å². The van der Waals surface area contributed by atoms with E-state index in [4.69, 9.17) is 0 Å². The quantitative estimate of drug-likeness (QED) is 0.512. The second-order valence-corrected chi connectivity index (χ2v) is 7.98. The Bertz CT molecular complexity index is 1190. The summed E-state index contributed by atoms with van der Waals surface area (Å²) >= 11 is 0. The summed E-state index contributed by atoms with van der Waals surface area (Å²) in [6.45, 7) is 16.5. The predicted octanol–water partition coefficient (Wildman–Crippen LogP) is 6.30. The van der Waals surface area contributed by atoms with Crippen LogP contribution in [0.4, 0.5) is 0 Å². The highest BCUT2D eigenvalue weighted by atomic mass is 14.1. The van der Waals surface area contributed by atoms with Crippen molar-refractivity contribution >= 4 is 0 Å². The average Bonchev–Trinajstić information content (AvgIpc) is 2.64. The van der Waals surface area contributed by atoms with Crippen molar-refractivity contribution in [2.75, 3.05) is 0 Å². The molecule has 0 saturated carbocycles. The maximum absolute atomic E-state index is 3.21. The Balaban J connectivity index is 2.37. The molecule has 0 heterocycles. The first-order valence-electron chi connectivity index (χ1n) is 9.81. The van der Waals surface area contributed by atoms with Gasteiger partial charge >= 0.3 is 0 Å². The number of aryl methyl sites for hydroxylation is 5. The van der Waals surface area contributed by atoms with Crippen LogP contribution in [0, 0.1) is 87.4 Å². The molecule has 0 N–H and O–H groups in total. The lowest BCUT2D eigenvalue weighted by Gasteiger charge is -2.14. The van der Waals surface area contributed by atoms with Crippen molar-refractivity contribution in [3.8, 4) is 58.5 Å². The molecule has 0 aliphatic heterocycles. The van der Waals surface area contributed by atoms with Crippen molar-refractivity contribution < 1.29 is 0 Å². The van der Waals surface area contributed by atoms with Crippen LogP contribution in [0.15, 0.2) is 24.3 Å². The highest BCUT2D eigenvalue weighted by Gasteiger charge is 2.10. The van der Waals surface area contributed by atoms with Gasteiger partial charge in [-0.2, -0.15) is 0 Å². The molecule has 0 amide bonds. The van der Waals surface area contributed by atoms with Gasteiger partial charge in [0.2, 0.25) is 0 Å². The molecule has 0 unspecified atom stereocenters. The number of hydrogen-bond acceptors (Lipinski definition) is 0. The van der Waals surface area contributed by atoms with E-state index in [0.717, 1.165) is 11.1 Å². The van der Waals surface area contributed by atoms with Crippen LogP contribution in [-0.4, -0.2) is 0 Å². The highest BCUT2D eigenvalue weighted by Crippen LogP contribution is 2.31. The minimum absolute atomic E-state index is 0.422. The molecule has 0 heteroatoms. The van der Waals surface area contributed by atoms with E-state index in [-0.39, 0.29) is 0 Å². The van der Waals surface area contributed by atoms with Gasteiger partial charge in [0.25, 0.3) is 0 Å². The fourth-order valence-corrected chi connectivity index (χ4v) is 3.06. The maximum atomic E-state index is 3.21. The first kappa shape index (κ1) is 22.0. The van der Waals surface area contributed by atoms with Gasteiger partial charge in [-0.05, 0) is 130 Å². The lowest BCUT2D eigenvalue weighted by molar-refractivity contribution is 0.686. The Hall–Kier alpha value is -3.32. The molecule has 2 aromatic carbocycles. The zero-order valence-electron chi connectivity index (χ0n) is 18.8. The van der Waals surface area contributed by atoms with Gasteiger partial charge in [-0.15, -0.1) is 0 Å². The third-order valence-electron chi connectivity index (χ3n) is 4.90. The topological polar surface area (TPSA) is 0 Å². The van der Waals surface area contributed by atoms with Crippen LogP contribution in [0.3, 0.4) is 0 Å². The van der Waals surface area contributed by atoms with Gasteiger partial charge in [-0.3, -0.25) is 0 Å². The summed E-state index contributed by atoms with van der Waals surface area (Å²) in [5.41, 5.74) is 9.50. The fourth-order valence-electron chi connectivity index (χ4n) is 3.06. The first-order chi connectivity index (χ1) is 13.6. The monoisotopic (exact) mass is 376 g/mol. The maximum Gasteiger partial charge on any atom is 0.0883 e. The Labute approximate surface area is 177 Å². The first-order valence-corrected chi connectivity index (χ1v) is 9.81. The number of benzene rings is 2. The molecule has 0 aromatic heterocycles. The van der Waals surface area contributed by atoms with Crippen molar-refractivity contribution in [3.05, 3.63) is 57.6 Å². The lowest BCUT2D eigenvalue weighted by Crippen LogP contribution is -2.03. The number of hydrogen-bond donors (Lipinski definition) is 0. The van der Waals surface area contributed by atoms with Gasteiger partial charge < -0.3 is 0 Å². The SMILES string of the molecule is CC#CC#CC(C)(C)C#CC#Cc1cc(C)c(-c2cc(C)c(C)cc2C)cc1C. The molecule has 2 aromatic rings. The molecular formula is C29H28. The van der Waals surface area contributed by atoms with Gasteiger partial charge in [-0.25, -0.2) is 0 Å². The fraction of sp³-hybridized carbons (Fsp3) is 0.310. The van der Waals surface area contributed by atoms with Crippen LogP contribution in [0.1, 0.15) is 54.2 Å². The van der Waals surface area contributed by atoms with E-state index in [9.17, 15) is 0 Å². The van der Waals surface area contributed by atoms with Crippen molar-refractivity contribution in [2.45, 2.75) is 55.4 Å². The lowest BCUT2D eigenvalue weighted by atomic mass is 9.90. The van der Waals surface area contributed by atoms with Crippen LogP contribution in [0.5, 0.6) is 0 Å². The summed E-state index contributed by atoms with van der Waals surface area (Å²) < 4.78 is 0. The Kier molecular flexibility index (Phi) is 7.01. The minimum atomic E-state index is -0.422. The van der Waals surface area contributed by atoms with E-state index in [1.807, 2.05) is 13.8 Å². The molecule has 144 valence electrons. The van der Waals surface area contributed by atoms with E-state index >= 15 is 0 Å². The van der Waals surface area contributed by atoms with Crippen LogP contribution in [0.25, 0.3) is 11.1 Å². The molecular weight excluding hydrogens is 348 g/mol. The van der Waals surface area contributed by atoms with E-state index in [1.165, 1.54) is 33.4 Å². The summed E-state index contributed by atoms with van der Waals surface area (Å²) in [7, 11) is 0. The Morgan fingerprint density at radius 3 is 1.72 bits per heavy atom. The summed E-state index contributed by atoms with van der Waals surface area (Å²) in [4.78, 5) is 0. The molecule has 0 atom stereocenters. The molecule has 0 saturated heterocycles. The zero-order valence-corrected chi connectivity index (χ0v) is 18.8. The second-order valence-electron chi connectivity index (χ2n) is 7.98. The van der Waals surface area contributed by atoms with E-state index in [2.05, 4.69) is 106 Å². The summed E-state index contributed by atoms with van der Waals surface area (Å²) in [6, 6.07) is 8.95. The molecule has 0 aliphatic rings. The molecule has 29 heavy (non-hydrogen) atoms. The highest BCUT2D eigenvalue weighted by molar-refractivity contribution is 5.73. The van der Waals surface area contributed by atoms with Gasteiger partial charge in [0, 0.05) is 5.56 Å². The summed E-state index contributed by atoms with van der Waals surface area (Å²) in [5, 5.41) is 0. The van der Waals surface area contributed by atoms with Crippen LogP contribution < -0.4 is 0 Å². The Morgan fingerprint density at radius 1 is 0.586 bits per heavy atom. The standard InChI is InChI=1S/C29H28/c1-9-10-12-15-29(7,8)16-13-11-14-26-18-25(6)28(20-23(26)4)27-19-22(3)21(2)17-24(27)5/h17-20H,1-8H3. The van der Waals surface area contributed by atoms with Gasteiger partial charge in [0.1, 0.15) is 0 Å². The van der Waals surface area contributed by atoms with Crippen molar-refractivity contribution in [1.29, 1.82) is 0 Å². The molecule has 0 bridgehead atoms. The van der Waals surface area contributed by atoms with Gasteiger partial charge in [-0.1, -0.05) is 35.8 Å². The largest absolute Gasteiger partial charge is 0.0925 e. The van der Waals surface area contributed by atoms with E-state index in [0.29, 0.717) is 0 Å². The molecule has 0 nitrogen and oxygen atoms in total. The van der Waals surface area contributed by atoms with Crippen molar-refractivity contribution in [2.24, 2.45) is 5.41 Å². The minimum Gasteiger partial charge on any atom is -0.0925 e. The summed E-state index contributed by atoms with van der Waals surface area (Å²) in [6.07, 6.45) is 0. The normalized spacial score (nSPS) is 9.66. The number of rotatable bonds is 1. The molecule has 2 rings (SSSR count). The zero-order chi connectivity index (χ0) is 21.6. The molecule has 0 radical (unpaired) electrons. The smallest absolute Gasteiger partial charge is 0.0883 e. The second kappa shape index (κ2) is 9.25. The molecule has 0 spiro atoms. The molecule has 0 fully saturated rings. The van der Waals surface area contributed by atoms with Gasteiger partial charge in [0.15, 0.2) is 0 Å². The average molecular weight is 377 g/mol. The third-order valence-corrected chi connectivity index (χ3v) is 4.90. The van der Waals surface area contributed by atoms with E-state index < -0.39 is 5.41 Å². The predicted molar refractivity (Wildman–Crippen MR) is 125 cm³/mol. The van der Waals surface area contributed by atoms with E-state index in [1.54, 1.807) is 6.92 Å². The summed E-state index contributed by atoms with van der Waals surface area (Å²) in [5.74, 6) is 23.7. The van der Waals surface area contributed by atoms with Crippen molar-refractivity contribution in [1.82, 2.24) is 0 Å².